The molecule has 0 bridgehead atoms. The van der Waals surface area contributed by atoms with Gasteiger partial charge in [-0.05, 0) is 12.1 Å². The van der Waals surface area contributed by atoms with Crippen LogP contribution in [-0.4, -0.2) is 6.47 Å². The minimum Gasteiger partial charge on any atom is -0.421 e. The lowest BCUT2D eigenvalue weighted by molar-refractivity contribution is -0.120. The molecule has 0 fully saturated rings. The number of fused-ring (bicyclic) bond motifs is 1. The Morgan fingerprint density at radius 3 is 2.86 bits per heavy atom. The zero-order valence-electron chi connectivity index (χ0n) is 7.10. The van der Waals surface area contributed by atoms with E-state index in [-0.39, 0.29) is 12.2 Å². The Hall–Kier alpha value is -2.10. The van der Waals surface area contributed by atoms with E-state index in [1.165, 1.54) is 6.07 Å². The number of hydrogen-bond acceptors (Lipinski definition) is 4. The van der Waals surface area contributed by atoms with Crippen LogP contribution in [-0.2, 0) is 4.79 Å². The number of ether oxygens (including phenoxy) is 1. The van der Waals surface area contributed by atoms with Gasteiger partial charge in [0.15, 0.2) is 0 Å². The lowest BCUT2D eigenvalue weighted by Crippen LogP contribution is -2.04. The van der Waals surface area contributed by atoms with Gasteiger partial charge < -0.3 is 9.15 Å². The van der Waals surface area contributed by atoms with E-state index in [9.17, 15) is 9.59 Å². The van der Waals surface area contributed by atoms with Crippen molar-refractivity contribution in [1.82, 2.24) is 0 Å². The van der Waals surface area contributed by atoms with Gasteiger partial charge in [0.2, 0.25) is 5.75 Å². The molecule has 1 aromatic heterocycles. The van der Waals surface area contributed by atoms with Crippen molar-refractivity contribution in [3.63, 3.8) is 0 Å². The van der Waals surface area contributed by atoms with E-state index in [0.717, 1.165) is 0 Å². The first-order valence-electron chi connectivity index (χ1n) is 3.94. The van der Waals surface area contributed by atoms with Crippen molar-refractivity contribution in [2.75, 3.05) is 0 Å². The highest BCUT2D eigenvalue weighted by atomic mass is 16.5. The molecule has 14 heavy (non-hydrogen) atoms. The number of para-hydroxylation sites is 1. The third-order valence-electron chi connectivity index (χ3n) is 1.78. The van der Waals surface area contributed by atoms with Gasteiger partial charge in [-0.15, -0.1) is 0 Å². The van der Waals surface area contributed by atoms with Crippen LogP contribution in [0.2, 0.25) is 0 Å². The molecule has 0 aliphatic carbocycles. The van der Waals surface area contributed by atoms with Crippen LogP contribution in [0.3, 0.4) is 0 Å². The normalized spacial score (nSPS) is 10.0. The maximum atomic E-state index is 11.2. The fraction of sp³-hybridized carbons (Fsp3) is 0. The quantitative estimate of drug-likeness (QED) is 0.529. The average Bonchev–Trinajstić information content (AvgIpc) is 2.19. The Kier molecular flexibility index (Phi) is 2.02. The molecule has 4 heteroatoms. The highest BCUT2D eigenvalue weighted by molar-refractivity contribution is 5.77. The maximum Gasteiger partial charge on any atom is 0.379 e. The Balaban J connectivity index is 2.70. The van der Waals surface area contributed by atoms with Crippen LogP contribution in [0.25, 0.3) is 11.0 Å². The average molecular weight is 190 g/mol. The third-order valence-corrected chi connectivity index (χ3v) is 1.78. The standard InChI is InChI=1S/C10H6O4/c11-6-13-9-5-7-3-1-2-4-8(7)14-10(9)12/h1-6H. The second-order valence-electron chi connectivity index (χ2n) is 2.65. The summed E-state index contributed by atoms with van der Waals surface area (Å²) in [6.07, 6.45) is 0. The van der Waals surface area contributed by atoms with Crippen molar-refractivity contribution in [3.05, 3.63) is 40.8 Å². The molecule has 70 valence electrons. The minimum absolute atomic E-state index is 0.0984. The summed E-state index contributed by atoms with van der Waals surface area (Å²) in [5, 5.41) is 0.712. The molecule has 0 atom stereocenters. The van der Waals surface area contributed by atoms with Gasteiger partial charge in [-0.1, -0.05) is 18.2 Å². The molecule has 0 amide bonds. The molecule has 1 heterocycles. The number of hydrogen-bond donors (Lipinski definition) is 0. The summed E-state index contributed by atoms with van der Waals surface area (Å²) in [5.41, 5.74) is -0.188. The lowest BCUT2D eigenvalue weighted by atomic mass is 10.2. The van der Waals surface area contributed by atoms with Crippen LogP contribution in [0.1, 0.15) is 0 Å². The highest BCUT2D eigenvalue weighted by Crippen LogP contribution is 2.15. The molecule has 4 nitrogen and oxygen atoms in total. The minimum atomic E-state index is -0.657. The Morgan fingerprint density at radius 2 is 2.07 bits per heavy atom. The summed E-state index contributed by atoms with van der Waals surface area (Å²) in [4.78, 5) is 21.2. The fourth-order valence-corrected chi connectivity index (χ4v) is 1.18. The van der Waals surface area contributed by atoms with E-state index in [1.54, 1.807) is 24.3 Å². The molecule has 0 N–H and O–H groups in total. The molecule has 0 radical (unpaired) electrons. The van der Waals surface area contributed by atoms with E-state index in [1.807, 2.05) is 0 Å². The monoisotopic (exact) mass is 190 g/mol. The molecule has 0 saturated heterocycles. The van der Waals surface area contributed by atoms with Crippen molar-refractivity contribution in [3.8, 4) is 5.75 Å². The van der Waals surface area contributed by atoms with Crippen molar-refractivity contribution >= 4 is 17.4 Å². The molecule has 0 aliphatic heterocycles. The maximum absolute atomic E-state index is 11.2. The second kappa shape index (κ2) is 3.33. The summed E-state index contributed by atoms with van der Waals surface area (Å²) < 4.78 is 9.36. The molecule has 1 aromatic carbocycles. The van der Waals surface area contributed by atoms with Crippen molar-refractivity contribution < 1.29 is 13.9 Å². The van der Waals surface area contributed by atoms with E-state index < -0.39 is 5.63 Å². The van der Waals surface area contributed by atoms with Crippen molar-refractivity contribution in [2.24, 2.45) is 0 Å². The van der Waals surface area contributed by atoms with E-state index in [0.29, 0.717) is 11.0 Å². The SMILES string of the molecule is O=COc1cc2ccccc2oc1=O. The van der Waals surface area contributed by atoms with Gasteiger partial charge in [0.25, 0.3) is 6.47 Å². The number of benzene rings is 1. The van der Waals surface area contributed by atoms with Gasteiger partial charge in [0.1, 0.15) is 5.58 Å². The summed E-state index contributed by atoms with van der Waals surface area (Å²) >= 11 is 0. The predicted molar refractivity (Wildman–Crippen MR) is 49.2 cm³/mol. The van der Waals surface area contributed by atoms with Gasteiger partial charge in [0.05, 0.1) is 0 Å². The molecule has 0 spiro atoms. The van der Waals surface area contributed by atoms with Gasteiger partial charge in [-0.3, -0.25) is 4.79 Å². The summed E-state index contributed by atoms with van der Waals surface area (Å²) in [5.74, 6) is -0.0984. The second-order valence-corrected chi connectivity index (χ2v) is 2.65. The van der Waals surface area contributed by atoms with Crippen molar-refractivity contribution in [1.29, 1.82) is 0 Å². The van der Waals surface area contributed by atoms with Crippen LogP contribution in [0.5, 0.6) is 5.75 Å². The smallest absolute Gasteiger partial charge is 0.379 e. The molecule has 0 saturated carbocycles. The Bertz CT molecular complexity index is 527. The molecular formula is C10H6O4. The molecule has 0 aliphatic rings. The first-order chi connectivity index (χ1) is 6.81. The fourth-order valence-electron chi connectivity index (χ4n) is 1.18. The first-order valence-corrected chi connectivity index (χ1v) is 3.94. The van der Waals surface area contributed by atoms with Gasteiger partial charge >= 0.3 is 5.63 Å². The molecule has 2 aromatic rings. The largest absolute Gasteiger partial charge is 0.421 e. The van der Waals surface area contributed by atoms with Crippen LogP contribution in [0, 0.1) is 0 Å². The van der Waals surface area contributed by atoms with Gasteiger partial charge in [-0.2, -0.15) is 0 Å². The van der Waals surface area contributed by atoms with Gasteiger partial charge in [-0.25, -0.2) is 4.79 Å². The Morgan fingerprint density at radius 1 is 1.29 bits per heavy atom. The number of rotatable bonds is 2. The predicted octanol–water partition coefficient (Wildman–Crippen LogP) is 1.33. The van der Waals surface area contributed by atoms with E-state index >= 15 is 0 Å². The number of carbonyl (C=O) groups is 1. The first kappa shape index (κ1) is 8.50. The molecule has 0 unspecified atom stereocenters. The zero-order valence-corrected chi connectivity index (χ0v) is 7.10. The van der Waals surface area contributed by atoms with Crippen LogP contribution in [0.4, 0.5) is 0 Å². The summed E-state index contributed by atoms with van der Waals surface area (Å²) in [6.45, 7) is 0.195. The van der Waals surface area contributed by atoms with E-state index in [2.05, 4.69) is 4.74 Å². The Labute approximate surface area is 78.7 Å². The lowest BCUT2D eigenvalue weighted by Gasteiger charge is -1.98. The zero-order chi connectivity index (χ0) is 9.97. The van der Waals surface area contributed by atoms with E-state index in [4.69, 9.17) is 4.42 Å². The van der Waals surface area contributed by atoms with Gasteiger partial charge in [0, 0.05) is 5.39 Å². The third kappa shape index (κ3) is 1.37. The van der Waals surface area contributed by atoms with Crippen LogP contribution in [0.15, 0.2) is 39.5 Å². The number of carbonyl (C=O) groups excluding carboxylic acids is 1. The summed E-state index contributed by atoms with van der Waals surface area (Å²) in [6, 6.07) is 8.45. The molecule has 2 rings (SSSR count). The summed E-state index contributed by atoms with van der Waals surface area (Å²) in [7, 11) is 0. The highest BCUT2D eigenvalue weighted by Gasteiger charge is 2.04. The molecular weight excluding hydrogens is 184 g/mol. The topological polar surface area (TPSA) is 56.5 Å². The van der Waals surface area contributed by atoms with Crippen LogP contribution >= 0.6 is 0 Å². The van der Waals surface area contributed by atoms with Crippen LogP contribution < -0.4 is 10.4 Å². The van der Waals surface area contributed by atoms with Crippen molar-refractivity contribution in [2.45, 2.75) is 0 Å².